The first-order chi connectivity index (χ1) is 21.7. The molecule has 4 aromatic rings. The van der Waals surface area contributed by atoms with Crippen LogP contribution in [0.5, 0.6) is 0 Å². The van der Waals surface area contributed by atoms with Gasteiger partial charge in [0.25, 0.3) is 5.56 Å². The van der Waals surface area contributed by atoms with Crippen LogP contribution in [0.2, 0.25) is 0 Å². The molecule has 7 heterocycles. The van der Waals surface area contributed by atoms with Crippen molar-refractivity contribution in [3.05, 3.63) is 29.1 Å². The van der Waals surface area contributed by atoms with E-state index in [1.54, 1.807) is 0 Å². The number of phosphoric ester groups is 2. The average Bonchev–Trinajstić information content (AvgIpc) is 3.72. The lowest BCUT2D eigenvalue weighted by Gasteiger charge is -2.25. The van der Waals surface area contributed by atoms with Crippen molar-refractivity contribution in [2.45, 2.75) is 49.1 Å². The van der Waals surface area contributed by atoms with Crippen LogP contribution in [-0.4, -0.2) is 104 Å². The number of H-pyrrole nitrogens is 1. The Bertz CT molecular complexity index is 2000. The number of alkyl halides is 1. The zero-order valence-corrected chi connectivity index (χ0v) is 24.4. The summed E-state index contributed by atoms with van der Waals surface area (Å²) in [5, 5.41) is 11.0. The number of aromatic amines is 1. The van der Waals surface area contributed by atoms with Crippen LogP contribution in [0.1, 0.15) is 12.5 Å². The maximum absolute atomic E-state index is 15.9. The molecular formula is C20H22F2N10O12P2. The fraction of sp³-hybridized carbons (Fsp3) is 0.500. The molecule has 8 N–H and O–H groups in total. The van der Waals surface area contributed by atoms with E-state index in [1.807, 2.05) is 0 Å². The van der Waals surface area contributed by atoms with Crippen LogP contribution < -0.4 is 17.0 Å². The topological polar surface area (TPSA) is 309 Å². The zero-order chi connectivity index (χ0) is 32.7. The standard InChI is InChI=1S/C20H22F2N10O12P2/c21-7-11-6(42-17(7)31-3-25-8-13(23)27-19(22)28-14(8)31)2-40-46(37,38)44-12-10(33)5(1-39-45(35,36)43-11)41-18(12)32-4-26-9-15(32)29-20(24)30-16(9)34/h3-7,10-12,17-18,33H,1-2H2,(H,35,36)(H,37,38)(H2,23,27,28)(H3,24,29,30,34)/t5-,6-,7-,10-,11-,12-,17-,18-/m1/s1. The number of aromatic nitrogens is 8. The minimum atomic E-state index is -5.21. The summed E-state index contributed by atoms with van der Waals surface area (Å²) in [5.74, 6) is -0.678. The lowest BCUT2D eigenvalue weighted by atomic mass is 10.1. The first-order valence-electron chi connectivity index (χ1n) is 13.0. The summed E-state index contributed by atoms with van der Waals surface area (Å²) in [6, 6.07) is 0. The molecule has 3 saturated heterocycles. The molecule has 10 atom stereocenters. The molecule has 2 unspecified atom stereocenters. The average molecular weight is 694 g/mol. The molecule has 46 heavy (non-hydrogen) atoms. The van der Waals surface area contributed by atoms with E-state index in [1.165, 1.54) is 0 Å². The SMILES string of the molecule is Nc1nc2c(ncn2[C@@H]2O[C@@H]3COP(=O)(O)O[C@H]4[C@@H](F)[C@H](n5cnc6c(N)nc(F)nc65)O[C@@H]4COP(=O)(O)O[C@@H]2[C@@H]3O)c(=O)[nH]1. The van der Waals surface area contributed by atoms with E-state index in [9.17, 15) is 33.2 Å². The molecule has 3 aliphatic rings. The fourth-order valence-electron chi connectivity index (χ4n) is 5.30. The minimum absolute atomic E-state index is 0.113. The molecule has 0 saturated carbocycles. The fourth-order valence-corrected chi connectivity index (χ4v) is 7.19. The minimum Gasteiger partial charge on any atom is -0.387 e. The summed E-state index contributed by atoms with van der Waals surface area (Å²) in [6.45, 7) is -1.89. The van der Waals surface area contributed by atoms with Gasteiger partial charge in [0, 0.05) is 0 Å². The molecule has 7 rings (SSSR count). The Balaban J connectivity index is 1.21. The van der Waals surface area contributed by atoms with Crippen LogP contribution in [0, 0.1) is 6.08 Å². The maximum atomic E-state index is 15.9. The van der Waals surface area contributed by atoms with Crippen molar-refractivity contribution < 1.29 is 60.4 Å². The number of rotatable bonds is 2. The van der Waals surface area contributed by atoms with Gasteiger partial charge in [0.05, 0.1) is 25.9 Å². The molecule has 3 aliphatic heterocycles. The molecule has 26 heteroatoms. The lowest BCUT2D eigenvalue weighted by Crippen LogP contribution is -2.35. The van der Waals surface area contributed by atoms with E-state index in [-0.39, 0.29) is 34.1 Å². The smallest absolute Gasteiger partial charge is 0.387 e. The van der Waals surface area contributed by atoms with Crippen molar-refractivity contribution in [2.24, 2.45) is 0 Å². The molecule has 0 aliphatic carbocycles. The molecule has 2 bridgehead atoms. The Morgan fingerprint density at radius 3 is 2.20 bits per heavy atom. The Morgan fingerprint density at radius 2 is 1.48 bits per heavy atom. The highest BCUT2D eigenvalue weighted by Crippen LogP contribution is 2.54. The second-order valence-corrected chi connectivity index (χ2v) is 13.0. The maximum Gasteiger partial charge on any atom is 0.472 e. The lowest BCUT2D eigenvalue weighted by molar-refractivity contribution is -0.0671. The number of fused-ring (bicyclic) bond motifs is 5. The second kappa shape index (κ2) is 11.0. The third-order valence-corrected chi connectivity index (χ3v) is 9.28. The predicted octanol–water partition coefficient (Wildman–Crippen LogP) is -1.23. The summed E-state index contributed by atoms with van der Waals surface area (Å²) in [6.07, 6.45) is -13.7. The Morgan fingerprint density at radius 1 is 0.891 bits per heavy atom. The van der Waals surface area contributed by atoms with Crippen molar-refractivity contribution in [1.29, 1.82) is 0 Å². The van der Waals surface area contributed by atoms with Gasteiger partial charge < -0.3 is 35.8 Å². The predicted molar refractivity (Wildman–Crippen MR) is 142 cm³/mol. The number of phosphoric acid groups is 2. The summed E-state index contributed by atoms with van der Waals surface area (Å²) in [7, 11) is -10.4. The number of ether oxygens (including phenoxy) is 2. The number of nitrogens with two attached hydrogens (primary N) is 2. The van der Waals surface area contributed by atoms with Gasteiger partial charge in [0.1, 0.15) is 30.5 Å². The quantitative estimate of drug-likeness (QED) is 0.106. The van der Waals surface area contributed by atoms with Crippen molar-refractivity contribution in [3.8, 4) is 0 Å². The van der Waals surface area contributed by atoms with Crippen molar-refractivity contribution in [3.63, 3.8) is 0 Å². The Hall–Kier alpha value is -3.54. The summed E-state index contributed by atoms with van der Waals surface area (Å²) >= 11 is 0. The van der Waals surface area contributed by atoms with E-state index >= 15 is 4.39 Å². The van der Waals surface area contributed by atoms with Gasteiger partial charge in [0.2, 0.25) is 5.95 Å². The van der Waals surface area contributed by atoms with Crippen LogP contribution in [-0.2, 0) is 36.7 Å². The highest BCUT2D eigenvalue weighted by atomic mass is 31.2. The van der Waals surface area contributed by atoms with Crippen LogP contribution >= 0.6 is 15.6 Å². The van der Waals surface area contributed by atoms with Crippen molar-refractivity contribution in [2.75, 3.05) is 24.7 Å². The first kappa shape index (κ1) is 31.1. The number of hydrogen-bond acceptors (Lipinski definition) is 17. The molecule has 248 valence electrons. The van der Waals surface area contributed by atoms with Gasteiger partial charge >= 0.3 is 21.7 Å². The summed E-state index contributed by atoms with van der Waals surface area (Å²) in [4.78, 5) is 54.4. The number of imidazole rings is 2. The number of anilines is 2. The second-order valence-electron chi connectivity index (χ2n) is 10.2. The van der Waals surface area contributed by atoms with Gasteiger partial charge in [-0.3, -0.25) is 37.0 Å². The van der Waals surface area contributed by atoms with E-state index in [0.717, 1.165) is 21.8 Å². The van der Waals surface area contributed by atoms with Gasteiger partial charge in [-0.05, 0) is 0 Å². The van der Waals surface area contributed by atoms with Crippen LogP contribution in [0.25, 0.3) is 22.3 Å². The number of aliphatic hydroxyl groups excluding tert-OH is 1. The van der Waals surface area contributed by atoms with Gasteiger partial charge in [0.15, 0.2) is 46.8 Å². The van der Waals surface area contributed by atoms with Gasteiger partial charge in [-0.2, -0.15) is 19.3 Å². The zero-order valence-electron chi connectivity index (χ0n) is 22.6. The first-order valence-corrected chi connectivity index (χ1v) is 16.0. The number of hydrogen-bond donors (Lipinski definition) is 6. The van der Waals surface area contributed by atoms with Gasteiger partial charge in [-0.25, -0.2) is 23.5 Å². The number of halogens is 2. The Kier molecular flexibility index (Phi) is 7.45. The van der Waals surface area contributed by atoms with E-state index in [4.69, 9.17) is 39.0 Å². The normalized spacial score (nSPS) is 37.2. The highest BCUT2D eigenvalue weighted by Gasteiger charge is 2.54. The highest BCUT2D eigenvalue weighted by molar-refractivity contribution is 7.47. The molecule has 3 fully saturated rings. The third kappa shape index (κ3) is 5.36. The number of nitrogens with zero attached hydrogens (tertiary/aromatic N) is 7. The summed E-state index contributed by atoms with van der Waals surface area (Å²) < 4.78 is 89.7. The third-order valence-electron chi connectivity index (χ3n) is 7.31. The molecule has 0 spiro atoms. The molecule has 0 radical (unpaired) electrons. The van der Waals surface area contributed by atoms with Crippen molar-refractivity contribution in [1.82, 2.24) is 39.0 Å². The van der Waals surface area contributed by atoms with E-state index in [0.29, 0.717) is 0 Å². The summed E-state index contributed by atoms with van der Waals surface area (Å²) in [5.41, 5.74) is 9.78. The molecule has 0 aromatic carbocycles. The van der Waals surface area contributed by atoms with Crippen LogP contribution in [0.15, 0.2) is 17.4 Å². The monoisotopic (exact) mass is 694 g/mol. The van der Waals surface area contributed by atoms with Gasteiger partial charge in [-0.1, -0.05) is 0 Å². The van der Waals surface area contributed by atoms with E-state index < -0.39 is 89.6 Å². The molecular weight excluding hydrogens is 672 g/mol. The van der Waals surface area contributed by atoms with E-state index in [2.05, 4.69) is 29.9 Å². The number of nitrogen functional groups attached to an aromatic ring is 2. The molecule has 22 nitrogen and oxygen atoms in total. The molecule has 0 amide bonds. The Labute approximate surface area is 252 Å². The van der Waals surface area contributed by atoms with Crippen LogP contribution in [0.4, 0.5) is 20.5 Å². The molecule has 4 aromatic heterocycles. The number of aliphatic hydroxyl groups is 1. The largest absolute Gasteiger partial charge is 0.472 e. The van der Waals surface area contributed by atoms with Crippen LogP contribution in [0.3, 0.4) is 0 Å². The van der Waals surface area contributed by atoms with Gasteiger partial charge in [-0.15, -0.1) is 0 Å². The number of nitrogens with one attached hydrogen (secondary N) is 1. The van der Waals surface area contributed by atoms with Crippen molar-refractivity contribution >= 4 is 49.7 Å².